The van der Waals surface area contributed by atoms with Gasteiger partial charge in [-0.2, -0.15) is 8.78 Å². The zero-order chi connectivity index (χ0) is 11.6. The van der Waals surface area contributed by atoms with Crippen LogP contribution in [0.25, 0.3) is 0 Å². The highest BCUT2D eigenvalue weighted by Crippen LogP contribution is 2.36. The number of benzene rings is 1. The predicted octanol–water partition coefficient (Wildman–Crippen LogP) is 3.72. The van der Waals surface area contributed by atoms with E-state index in [1.807, 2.05) is 0 Å². The molecule has 82 valence electrons. The highest BCUT2D eigenvalue weighted by atomic mass is 79.9. The van der Waals surface area contributed by atoms with Crippen LogP contribution in [0.2, 0.25) is 0 Å². The van der Waals surface area contributed by atoms with Gasteiger partial charge in [0, 0.05) is 21.1 Å². The van der Waals surface area contributed by atoms with E-state index in [2.05, 4.69) is 36.6 Å². The second kappa shape index (κ2) is 4.84. The first-order chi connectivity index (χ1) is 6.91. The van der Waals surface area contributed by atoms with E-state index in [0.717, 1.165) is 12.1 Å². The summed E-state index contributed by atoms with van der Waals surface area (Å²) in [4.78, 5) is 9.71. The molecule has 0 bridgehead atoms. The summed E-state index contributed by atoms with van der Waals surface area (Å²) < 4.78 is 28.6. The van der Waals surface area contributed by atoms with Crippen molar-refractivity contribution in [2.45, 2.75) is 6.61 Å². The van der Waals surface area contributed by atoms with Crippen molar-refractivity contribution in [1.82, 2.24) is 0 Å². The molecule has 0 aliphatic heterocycles. The van der Waals surface area contributed by atoms with Gasteiger partial charge < -0.3 is 4.74 Å². The topological polar surface area (TPSA) is 52.4 Å². The van der Waals surface area contributed by atoms with E-state index in [1.165, 1.54) is 0 Å². The second-order valence-corrected chi connectivity index (χ2v) is 4.08. The van der Waals surface area contributed by atoms with E-state index in [4.69, 9.17) is 0 Å². The van der Waals surface area contributed by atoms with Crippen molar-refractivity contribution < 1.29 is 18.4 Å². The molecule has 0 saturated carbocycles. The standard InChI is InChI=1S/C7H3Br2F2NO3/c8-3-1-5(12(13)14)6(2-4(3)9)15-7(10)11/h1-2,7H. The highest BCUT2D eigenvalue weighted by molar-refractivity contribution is 9.13. The largest absolute Gasteiger partial charge is 0.427 e. The van der Waals surface area contributed by atoms with Gasteiger partial charge in [0.25, 0.3) is 0 Å². The third-order valence-electron chi connectivity index (χ3n) is 1.41. The summed E-state index contributed by atoms with van der Waals surface area (Å²) in [5.74, 6) is -0.481. The van der Waals surface area contributed by atoms with Crippen LogP contribution < -0.4 is 4.74 Å². The zero-order valence-electron chi connectivity index (χ0n) is 6.92. The average Bonchev–Trinajstić information content (AvgIpc) is 2.09. The van der Waals surface area contributed by atoms with Gasteiger partial charge in [0.2, 0.25) is 5.75 Å². The van der Waals surface area contributed by atoms with Crippen molar-refractivity contribution in [2.75, 3.05) is 0 Å². The minimum atomic E-state index is -3.10. The number of nitro benzene ring substituents is 1. The second-order valence-electron chi connectivity index (χ2n) is 2.37. The SMILES string of the molecule is O=[N+]([O-])c1cc(Br)c(Br)cc1OC(F)F. The maximum Gasteiger partial charge on any atom is 0.387 e. The van der Waals surface area contributed by atoms with Crippen LogP contribution in [0.1, 0.15) is 0 Å². The maximum absolute atomic E-state index is 11.9. The van der Waals surface area contributed by atoms with Gasteiger partial charge in [-0.3, -0.25) is 10.1 Å². The summed E-state index contributed by atoms with van der Waals surface area (Å²) in [6.45, 7) is -3.10. The molecular formula is C7H3Br2F2NO3. The van der Waals surface area contributed by atoms with E-state index in [1.54, 1.807) is 0 Å². The summed E-state index contributed by atoms with van der Waals surface area (Å²) in [5, 5.41) is 10.5. The monoisotopic (exact) mass is 345 g/mol. The van der Waals surface area contributed by atoms with Crippen LogP contribution in [0.5, 0.6) is 5.75 Å². The number of rotatable bonds is 3. The number of nitro groups is 1. The summed E-state index contributed by atoms with van der Waals surface area (Å²) >= 11 is 6.05. The number of nitrogens with zero attached hydrogens (tertiary/aromatic N) is 1. The number of hydrogen-bond acceptors (Lipinski definition) is 3. The Morgan fingerprint density at radius 1 is 1.33 bits per heavy atom. The van der Waals surface area contributed by atoms with E-state index in [0.29, 0.717) is 8.95 Å². The summed E-state index contributed by atoms with van der Waals surface area (Å²) in [6.07, 6.45) is 0. The van der Waals surface area contributed by atoms with Crippen LogP contribution in [0.15, 0.2) is 21.1 Å². The molecule has 0 unspecified atom stereocenters. The van der Waals surface area contributed by atoms with E-state index in [9.17, 15) is 18.9 Å². The average molecular weight is 347 g/mol. The van der Waals surface area contributed by atoms with Crippen LogP contribution in [0.4, 0.5) is 14.5 Å². The lowest BCUT2D eigenvalue weighted by Crippen LogP contribution is -2.04. The van der Waals surface area contributed by atoms with Crippen LogP contribution in [0, 0.1) is 10.1 Å². The van der Waals surface area contributed by atoms with Gasteiger partial charge in [-0.25, -0.2) is 0 Å². The van der Waals surface area contributed by atoms with Gasteiger partial charge >= 0.3 is 12.3 Å². The Hall–Kier alpha value is -0.760. The fraction of sp³-hybridized carbons (Fsp3) is 0.143. The maximum atomic E-state index is 11.9. The fourth-order valence-corrected chi connectivity index (χ4v) is 1.50. The lowest BCUT2D eigenvalue weighted by Gasteiger charge is -2.06. The van der Waals surface area contributed by atoms with Gasteiger partial charge in [-0.15, -0.1) is 0 Å². The highest BCUT2D eigenvalue weighted by Gasteiger charge is 2.20. The van der Waals surface area contributed by atoms with Gasteiger partial charge in [0.1, 0.15) is 0 Å². The summed E-state index contributed by atoms with van der Waals surface area (Å²) in [5.41, 5.74) is -0.523. The summed E-state index contributed by atoms with van der Waals surface area (Å²) in [7, 11) is 0. The normalized spacial score (nSPS) is 10.5. The Labute approximate surface area is 99.6 Å². The van der Waals surface area contributed by atoms with Gasteiger partial charge in [-0.05, 0) is 31.9 Å². The van der Waals surface area contributed by atoms with E-state index >= 15 is 0 Å². The fourth-order valence-electron chi connectivity index (χ4n) is 0.851. The third-order valence-corrected chi connectivity index (χ3v) is 3.26. The van der Waals surface area contributed by atoms with E-state index in [-0.39, 0.29) is 0 Å². The minimum Gasteiger partial charge on any atom is -0.427 e. The van der Waals surface area contributed by atoms with Gasteiger partial charge in [-0.1, -0.05) is 0 Å². The van der Waals surface area contributed by atoms with Crippen LogP contribution in [-0.2, 0) is 0 Å². The van der Waals surface area contributed by atoms with Gasteiger partial charge in [0.15, 0.2) is 0 Å². The lowest BCUT2D eigenvalue weighted by molar-refractivity contribution is -0.386. The molecule has 1 aromatic carbocycles. The molecule has 0 spiro atoms. The third kappa shape index (κ3) is 3.10. The predicted molar refractivity (Wildman–Crippen MR) is 55.1 cm³/mol. The van der Waals surface area contributed by atoms with Crippen molar-refractivity contribution in [3.63, 3.8) is 0 Å². The van der Waals surface area contributed by atoms with Crippen molar-refractivity contribution in [3.05, 3.63) is 31.2 Å². The Morgan fingerprint density at radius 2 is 1.87 bits per heavy atom. The van der Waals surface area contributed by atoms with E-state index < -0.39 is 23.0 Å². The molecule has 0 aliphatic rings. The number of ether oxygens (including phenoxy) is 1. The minimum absolute atomic E-state index is 0.385. The molecule has 0 saturated heterocycles. The molecule has 0 aromatic heterocycles. The number of hydrogen-bond donors (Lipinski definition) is 0. The Kier molecular flexibility index (Phi) is 3.97. The van der Waals surface area contributed by atoms with Crippen molar-refractivity contribution >= 4 is 37.5 Å². The molecule has 1 rings (SSSR count). The molecule has 0 aliphatic carbocycles. The lowest BCUT2D eigenvalue weighted by atomic mass is 10.3. The Balaban J connectivity index is 3.22. The Morgan fingerprint density at radius 3 is 2.33 bits per heavy atom. The van der Waals surface area contributed by atoms with Crippen molar-refractivity contribution in [1.29, 1.82) is 0 Å². The zero-order valence-corrected chi connectivity index (χ0v) is 10.1. The molecule has 8 heteroatoms. The quantitative estimate of drug-likeness (QED) is 0.619. The molecule has 0 N–H and O–H groups in total. The number of halogens is 4. The first-order valence-corrected chi connectivity index (χ1v) is 5.08. The molecule has 4 nitrogen and oxygen atoms in total. The van der Waals surface area contributed by atoms with Crippen LogP contribution >= 0.6 is 31.9 Å². The molecule has 1 aromatic rings. The molecule has 0 radical (unpaired) electrons. The smallest absolute Gasteiger partial charge is 0.387 e. The van der Waals surface area contributed by atoms with Crippen LogP contribution in [-0.4, -0.2) is 11.5 Å². The summed E-state index contributed by atoms with van der Waals surface area (Å²) in [6, 6.07) is 2.19. The Bertz CT molecular complexity index is 400. The van der Waals surface area contributed by atoms with Crippen molar-refractivity contribution in [2.24, 2.45) is 0 Å². The van der Waals surface area contributed by atoms with Gasteiger partial charge in [0.05, 0.1) is 4.92 Å². The molecular weight excluding hydrogens is 344 g/mol. The molecule has 0 amide bonds. The first-order valence-electron chi connectivity index (χ1n) is 3.50. The van der Waals surface area contributed by atoms with Crippen molar-refractivity contribution in [3.8, 4) is 5.75 Å². The van der Waals surface area contributed by atoms with Crippen LogP contribution in [0.3, 0.4) is 0 Å². The molecule has 0 heterocycles. The molecule has 0 atom stereocenters. The molecule has 0 fully saturated rings. The molecule has 15 heavy (non-hydrogen) atoms. The first kappa shape index (κ1) is 12.3. The number of alkyl halides is 2.